The first kappa shape index (κ1) is 48.2. The van der Waals surface area contributed by atoms with E-state index >= 15 is 0 Å². The topological polar surface area (TPSA) is 32.8 Å². The minimum Gasteiger partial charge on any atom is -0.456 e. The number of furan rings is 2. The second-order valence-corrected chi connectivity index (χ2v) is 24.0. The lowest BCUT2D eigenvalue weighted by atomic mass is 9.95. The fourth-order valence-electron chi connectivity index (χ4n) is 12.8. The summed E-state index contributed by atoms with van der Waals surface area (Å²) in [5.74, 6) is 0. The van der Waals surface area contributed by atoms with Crippen LogP contribution in [0.4, 0.5) is 34.1 Å². The molecule has 12 aromatic carbocycles. The number of benzene rings is 12. The fourth-order valence-corrected chi connectivity index (χ4v) is 15.0. The van der Waals surface area contributed by atoms with Crippen molar-refractivity contribution in [1.82, 2.24) is 0 Å². The molecule has 0 spiro atoms. The van der Waals surface area contributed by atoms with Gasteiger partial charge >= 0.3 is 0 Å². The normalized spacial score (nSPS) is 11.9. The zero-order valence-corrected chi connectivity index (χ0v) is 47.3. The van der Waals surface area contributed by atoms with Crippen LogP contribution in [0.2, 0.25) is 0 Å². The Kier molecular flexibility index (Phi) is 11.1. The van der Waals surface area contributed by atoms with Gasteiger partial charge < -0.3 is 18.6 Å². The van der Waals surface area contributed by atoms with E-state index in [0.29, 0.717) is 0 Å². The molecule has 16 rings (SSSR count). The van der Waals surface area contributed by atoms with Gasteiger partial charge in [0, 0.05) is 95.8 Å². The molecule has 0 aliphatic rings. The number of fused-ring (bicyclic) bond motifs is 12. The summed E-state index contributed by atoms with van der Waals surface area (Å²) in [6.45, 7) is 9.00. The van der Waals surface area contributed by atoms with Gasteiger partial charge in [0.2, 0.25) is 0 Å². The van der Waals surface area contributed by atoms with E-state index in [-0.39, 0.29) is 0 Å². The van der Waals surface area contributed by atoms with Crippen molar-refractivity contribution in [1.29, 1.82) is 0 Å². The van der Waals surface area contributed by atoms with Crippen LogP contribution in [-0.2, 0) is 0 Å². The first-order valence-corrected chi connectivity index (χ1v) is 29.6. The van der Waals surface area contributed by atoms with Gasteiger partial charge in [0.15, 0.2) is 0 Å². The summed E-state index contributed by atoms with van der Waals surface area (Å²) in [5.41, 5.74) is 21.8. The van der Waals surface area contributed by atoms with Gasteiger partial charge in [0.05, 0.1) is 11.4 Å². The van der Waals surface area contributed by atoms with Crippen LogP contribution in [0.5, 0.6) is 0 Å². The predicted octanol–water partition coefficient (Wildman–Crippen LogP) is 23.4. The highest BCUT2D eigenvalue weighted by molar-refractivity contribution is 7.26. The number of aryl methyl sites for hydroxylation is 4. The van der Waals surface area contributed by atoms with Crippen LogP contribution in [0, 0.1) is 27.7 Å². The van der Waals surface area contributed by atoms with E-state index in [4.69, 9.17) is 8.83 Å². The molecule has 0 radical (unpaired) electrons. The minimum absolute atomic E-state index is 0.872. The first-order chi connectivity index (χ1) is 40.3. The van der Waals surface area contributed by atoms with E-state index in [1.807, 2.05) is 34.8 Å². The third kappa shape index (κ3) is 7.78. The molecule has 4 aromatic heterocycles. The maximum atomic E-state index is 6.42. The van der Waals surface area contributed by atoms with Gasteiger partial charge in [-0.3, -0.25) is 0 Å². The number of nitrogens with zero attached hydrogens (tertiary/aromatic N) is 2. The summed E-state index contributed by atoms with van der Waals surface area (Å²) in [4.78, 5) is 4.96. The van der Waals surface area contributed by atoms with Crippen molar-refractivity contribution in [2.75, 3.05) is 9.80 Å². The predicted molar refractivity (Wildman–Crippen MR) is 351 cm³/mol. The summed E-state index contributed by atoms with van der Waals surface area (Å²) < 4.78 is 18.0. The highest BCUT2D eigenvalue weighted by Gasteiger charge is 2.26. The van der Waals surface area contributed by atoms with Gasteiger partial charge in [0.25, 0.3) is 0 Å². The maximum absolute atomic E-state index is 6.42. The Balaban J connectivity index is 0.841. The maximum Gasteiger partial charge on any atom is 0.135 e. The average molecular weight is 1090 g/mol. The van der Waals surface area contributed by atoms with Crippen molar-refractivity contribution in [3.8, 4) is 33.4 Å². The van der Waals surface area contributed by atoms with Crippen molar-refractivity contribution in [3.05, 3.63) is 265 Å². The van der Waals surface area contributed by atoms with E-state index in [0.717, 1.165) is 100 Å². The van der Waals surface area contributed by atoms with Crippen LogP contribution in [-0.4, -0.2) is 0 Å². The molecule has 82 heavy (non-hydrogen) atoms. The number of hydrogen-bond donors (Lipinski definition) is 0. The summed E-state index contributed by atoms with van der Waals surface area (Å²) in [6, 6.07) is 88.9. The van der Waals surface area contributed by atoms with Gasteiger partial charge in [0.1, 0.15) is 22.3 Å². The molecule has 0 N–H and O–H groups in total. The molecular formula is C76H52N2O2S2. The minimum atomic E-state index is 0.872. The summed E-state index contributed by atoms with van der Waals surface area (Å²) in [5, 5.41) is 9.53. The Bertz CT molecular complexity index is 4940. The standard InChI is InChI=1S/C76H52N2O2S2/c1-45-15-13-21-55(51-29-37-73-63(41-51)59-19-7-11-25-71(59)81-73)75(45)77(53-31-35-69-61(43-53)57-17-5-9-23-67(57)79-69)65-33-27-49(39-47(65)3)50-28-34-66(48(4)40-50)78(54-32-36-70-62(44-54)58-18-6-10-24-68(58)80-70)76-46(2)16-14-22-56(76)52-30-38-74-64(42-52)60-20-8-12-26-72(60)82-74/h5-44H,1-4H3. The monoisotopic (exact) mass is 1090 g/mol. The van der Waals surface area contributed by atoms with Gasteiger partial charge in [-0.2, -0.15) is 0 Å². The molecule has 390 valence electrons. The summed E-state index contributed by atoms with van der Waals surface area (Å²) >= 11 is 3.71. The molecule has 6 heteroatoms. The van der Waals surface area contributed by atoms with Crippen molar-refractivity contribution in [2.45, 2.75) is 27.7 Å². The zero-order valence-electron chi connectivity index (χ0n) is 45.6. The molecule has 0 saturated heterocycles. The average Bonchev–Trinajstić information content (AvgIpc) is 4.40. The molecule has 0 fully saturated rings. The number of hydrogen-bond acceptors (Lipinski definition) is 6. The van der Waals surface area contributed by atoms with Crippen molar-refractivity contribution < 1.29 is 8.83 Å². The summed E-state index contributed by atoms with van der Waals surface area (Å²) in [6.07, 6.45) is 0. The Morgan fingerprint density at radius 2 is 0.659 bits per heavy atom. The Morgan fingerprint density at radius 3 is 1.11 bits per heavy atom. The van der Waals surface area contributed by atoms with E-state index in [2.05, 4.69) is 268 Å². The van der Waals surface area contributed by atoms with E-state index in [1.165, 1.54) is 73.7 Å². The van der Waals surface area contributed by atoms with Crippen LogP contribution in [0.3, 0.4) is 0 Å². The van der Waals surface area contributed by atoms with Crippen molar-refractivity contribution >= 4 is 141 Å². The molecule has 16 aromatic rings. The number of rotatable bonds is 9. The second kappa shape index (κ2) is 19.0. The molecule has 0 aliphatic carbocycles. The van der Waals surface area contributed by atoms with Gasteiger partial charge in [-0.1, -0.05) is 133 Å². The molecule has 0 saturated carbocycles. The smallest absolute Gasteiger partial charge is 0.135 e. The van der Waals surface area contributed by atoms with Crippen LogP contribution in [0.15, 0.2) is 251 Å². The second-order valence-electron chi connectivity index (χ2n) is 21.8. The van der Waals surface area contributed by atoms with Crippen LogP contribution in [0.25, 0.3) is 118 Å². The Hall–Kier alpha value is -9.72. The van der Waals surface area contributed by atoms with Gasteiger partial charge in [-0.05, 0) is 181 Å². The van der Waals surface area contributed by atoms with Crippen molar-refractivity contribution in [2.24, 2.45) is 0 Å². The molecule has 0 amide bonds. The lowest BCUT2D eigenvalue weighted by Crippen LogP contribution is -2.14. The van der Waals surface area contributed by atoms with Crippen LogP contribution < -0.4 is 9.80 Å². The molecule has 0 unspecified atom stereocenters. The van der Waals surface area contributed by atoms with E-state index in [9.17, 15) is 0 Å². The van der Waals surface area contributed by atoms with E-state index in [1.54, 1.807) is 0 Å². The molecule has 0 bridgehead atoms. The van der Waals surface area contributed by atoms with E-state index < -0.39 is 0 Å². The van der Waals surface area contributed by atoms with Gasteiger partial charge in [-0.15, -0.1) is 22.7 Å². The number of para-hydroxylation sites is 4. The molecule has 4 heterocycles. The Morgan fingerprint density at radius 1 is 0.268 bits per heavy atom. The summed E-state index contributed by atoms with van der Waals surface area (Å²) in [7, 11) is 0. The zero-order chi connectivity index (χ0) is 54.7. The number of thiophene rings is 2. The SMILES string of the molecule is Cc1cc(-c2ccc(N(c3ccc4oc5ccccc5c4c3)c3c(C)cccc3-c3ccc4sc5ccccc5c4c3)c(C)c2)ccc1N(c1ccc2oc3ccccc3c2c1)c1c(C)cccc1-c1ccc2sc3ccccc3c2c1. The largest absolute Gasteiger partial charge is 0.456 e. The van der Waals surface area contributed by atoms with Gasteiger partial charge in [-0.25, -0.2) is 0 Å². The lowest BCUT2D eigenvalue weighted by molar-refractivity contribution is 0.668. The lowest BCUT2D eigenvalue weighted by Gasteiger charge is -2.31. The third-order valence-electron chi connectivity index (χ3n) is 16.7. The highest BCUT2D eigenvalue weighted by atomic mass is 32.1. The fraction of sp³-hybridized carbons (Fsp3) is 0.0526. The quantitative estimate of drug-likeness (QED) is 0.144. The van der Waals surface area contributed by atoms with Crippen LogP contribution >= 0.6 is 22.7 Å². The third-order valence-corrected chi connectivity index (χ3v) is 19.0. The molecular weight excluding hydrogens is 1040 g/mol. The molecule has 0 atom stereocenters. The van der Waals surface area contributed by atoms with Crippen molar-refractivity contribution in [3.63, 3.8) is 0 Å². The first-order valence-electron chi connectivity index (χ1n) is 28.0. The number of anilines is 6. The molecule has 4 nitrogen and oxygen atoms in total. The van der Waals surface area contributed by atoms with Crippen LogP contribution in [0.1, 0.15) is 22.3 Å². The Labute approximate surface area is 482 Å². The molecule has 0 aliphatic heterocycles. The highest BCUT2D eigenvalue weighted by Crippen LogP contribution is 2.50.